The monoisotopic (exact) mass is 438 g/mol. The van der Waals surface area contributed by atoms with Crippen LogP contribution in [-0.4, -0.2) is 25.7 Å². The molecule has 0 heterocycles. The van der Waals surface area contributed by atoms with Crippen LogP contribution in [0.5, 0.6) is 0 Å². The van der Waals surface area contributed by atoms with Crippen molar-refractivity contribution < 1.29 is 17.5 Å². The van der Waals surface area contributed by atoms with E-state index in [1.54, 1.807) is 6.08 Å². The Morgan fingerprint density at radius 3 is 2.68 bits per heavy atom. The molecule has 3 aliphatic carbocycles. The Morgan fingerprint density at radius 2 is 2.06 bits per heavy atom. The average molecular weight is 439 g/mol. The summed E-state index contributed by atoms with van der Waals surface area (Å²) in [4.78, 5) is 12.7. The third-order valence-electron chi connectivity index (χ3n) is 7.53. The molecule has 0 radical (unpaired) electrons. The van der Waals surface area contributed by atoms with Gasteiger partial charge in [-0.1, -0.05) is 55.4 Å². The van der Waals surface area contributed by atoms with Crippen LogP contribution in [0.15, 0.2) is 47.1 Å². The number of fused-ring (bicyclic) bond motifs is 2. The Morgan fingerprint density at radius 1 is 1.32 bits per heavy atom. The summed E-state index contributed by atoms with van der Waals surface area (Å²) in [5.41, 5.74) is 1.82. The zero-order valence-corrected chi connectivity index (χ0v) is 18.8. The topological polar surface area (TPSA) is 96.6 Å². The minimum absolute atomic E-state index is 0.0167. The minimum atomic E-state index is -4.07. The molecule has 2 atom stereocenters. The van der Waals surface area contributed by atoms with Crippen LogP contribution in [0, 0.1) is 35.0 Å². The molecule has 31 heavy (non-hydrogen) atoms. The van der Waals surface area contributed by atoms with E-state index in [1.165, 1.54) is 0 Å². The van der Waals surface area contributed by atoms with Gasteiger partial charge in [0.15, 0.2) is 0 Å². The van der Waals surface area contributed by atoms with E-state index in [1.807, 2.05) is 51.1 Å². The number of Topliss-reactive ketones (excluding diaryl/α,β-unsaturated/α-hetero) is 1. The Balaban J connectivity index is 1.62. The van der Waals surface area contributed by atoms with Gasteiger partial charge in [-0.2, -0.15) is 13.7 Å². The molecule has 6 nitrogen and oxygen atoms in total. The summed E-state index contributed by atoms with van der Waals surface area (Å²) >= 11 is 0. The molecule has 0 aromatic heterocycles. The highest BCUT2D eigenvalue weighted by Crippen LogP contribution is 2.64. The fourth-order valence-corrected chi connectivity index (χ4v) is 7.00. The first-order valence-corrected chi connectivity index (χ1v) is 12.1. The summed E-state index contributed by atoms with van der Waals surface area (Å²) in [5.74, 6) is -0.112. The van der Waals surface area contributed by atoms with E-state index < -0.39 is 15.5 Å². The van der Waals surface area contributed by atoms with E-state index in [2.05, 4.69) is 11.2 Å². The molecule has 1 aromatic carbocycles. The zero-order chi connectivity index (χ0) is 22.4. The van der Waals surface area contributed by atoms with Crippen LogP contribution in [-0.2, 0) is 19.2 Å². The molecule has 1 aromatic rings. The van der Waals surface area contributed by atoms with Gasteiger partial charge < -0.3 is 0 Å². The Labute approximate surface area is 183 Å². The van der Waals surface area contributed by atoms with Gasteiger partial charge in [-0.15, -0.1) is 0 Å². The second kappa shape index (κ2) is 7.45. The van der Waals surface area contributed by atoms with Crippen molar-refractivity contribution in [3.05, 3.63) is 53.1 Å². The first kappa shape index (κ1) is 21.5. The molecular formula is C24H26N2O4S. The second-order valence-electron chi connectivity index (χ2n) is 9.30. The van der Waals surface area contributed by atoms with Gasteiger partial charge in [0.1, 0.15) is 17.6 Å². The summed E-state index contributed by atoms with van der Waals surface area (Å²) in [6.45, 7) is 5.89. The van der Waals surface area contributed by atoms with E-state index in [0.717, 1.165) is 17.5 Å². The third-order valence-corrected chi connectivity index (χ3v) is 8.67. The van der Waals surface area contributed by atoms with Gasteiger partial charge >= 0.3 is 10.1 Å². The number of oxime groups is 1. The van der Waals surface area contributed by atoms with Crippen molar-refractivity contribution in [2.45, 2.75) is 46.5 Å². The number of hydrogen-bond acceptors (Lipinski definition) is 6. The third kappa shape index (κ3) is 3.43. The molecule has 162 valence electrons. The highest BCUT2D eigenvalue weighted by Gasteiger charge is 2.65. The van der Waals surface area contributed by atoms with Gasteiger partial charge in [0.25, 0.3) is 0 Å². The lowest BCUT2D eigenvalue weighted by atomic mass is 9.70. The summed E-state index contributed by atoms with van der Waals surface area (Å²) in [5, 5.41) is 13.7. The fraction of sp³-hybridized carbons (Fsp3) is 0.458. The standard InChI is InChI=1S/C24H26N2O4S/c1-16-7-4-5-8-18(16)20(14-25)19-9-6-10-21(19)26-30-31(28,29)15-24-12-11-17(13-22(24)27)23(24,2)3/h4-9,17H,10-13,15H2,1-3H3/b20-19+,26-21+. The Bertz CT molecular complexity index is 1180. The van der Waals surface area contributed by atoms with Crippen molar-refractivity contribution in [3.8, 4) is 6.07 Å². The zero-order valence-electron chi connectivity index (χ0n) is 18.0. The van der Waals surface area contributed by atoms with Crippen LogP contribution in [0.1, 0.15) is 50.7 Å². The molecular weight excluding hydrogens is 412 g/mol. The van der Waals surface area contributed by atoms with E-state index in [9.17, 15) is 18.5 Å². The van der Waals surface area contributed by atoms with Gasteiger partial charge in [-0.05, 0) is 42.2 Å². The van der Waals surface area contributed by atoms with Gasteiger partial charge in [-0.3, -0.25) is 9.08 Å². The summed E-state index contributed by atoms with van der Waals surface area (Å²) in [6, 6.07) is 9.74. The molecule has 2 unspecified atom stereocenters. The van der Waals surface area contributed by atoms with Crippen molar-refractivity contribution in [1.82, 2.24) is 0 Å². The number of nitrogens with zero attached hydrogens (tertiary/aromatic N) is 2. The van der Waals surface area contributed by atoms with Crippen molar-refractivity contribution in [3.63, 3.8) is 0 Å². The normalized spacial score (nSPS) is 29.4. The van der Waals surface area contributed by atoms with Crippen molar-refractivity contribution >= 4 is 27.2 Å². The smallest absolute Gasteiger partial charge is 0.299 e. The van der Waals surface area contributed by atoms with Crippen LogP contribution in [0.3, 0.4) is 0 Å². The van der Waals surface area contributed by atoms with Gasteiger partial charge in [-0.25, -0.2) is 0 Å². The maximum Gasteiger partial charge on any atom is 0.329 e. The molecule has 7 heteroatoms. The lowest BCUT2D eigenvalue weighted by Gasteiger charge is -2.35. The average Bonchev–Trinajstić information content (AvgIpc) is 3.31. The molecule has 0 amide bonds. The van der Waals surface area contributed by atoms with E-state index in [-0.39, 0.29) is 22.9 Å². The quantitative estimate of drug-likeness (QED) is 0.503. The van der Waals surface area contributed by atoms with E-state index >= 15 is 0 Å². The largest absolute Gasteiger partial charge is 0.329 e. The number of rotatable bonds is 5. The molecule has 0 spiro atoms. The predicted octanol–water partition coefficient (Wildman–Crippen LogP) is 4.33. The van der Waals surface area contributed by atoms with Crippen LogP contribution in [0.25, 0.3) is 5.57 Å². The molecule has 0 saturated heterocycles. The lowest BCUT2D eigenvalue weighted by Crippen LogP contribution is -2.42. The number of allylic oxidation sites excluding steroid dienone is 4. The number of ketones is 1. The van der Waals surface area contributed by atoms with Gasteiger partial charge in [0.2, 0.25) is 0 Å². The maximum atomic E-state index is 12.8. The molecule has 0 aliphatic heterocycles. The number of nitriles is 1. The lowest BCUT2D eigenvalue weighted by molar-refractivity contribution is -0.128. The summed E-state index contributed by atoms with van der Waals surface area (Å²) in [7, 11) is -4.07. The Kier molecular flexibility index (Phi) is 5.17. The van der Waals surface area contributed by atoms with Crippen LogP contribution in [0.4, 0.5) is 0 Å². The van der Waals surface area contributed by atoms with Crippen LogP contribution < -0.4 is 0 Å². The van der Waals surface area contributed by atoms with Crippen LogP contribution in [0.2, 0.25) is 0 Å². The number of hydrogen-bond donors (Lipinski definition) is 0. The second-order valence-corrected chi connectivity index (χ2v) is 10.9. The Hall–Kier alpha value is -2.72. The van der Waals surface area contributed by atoms with E-state index in [0.29, 0.717) is 36.1 Å². The SMILES string of the molecule is Cc1ccccc1/C(C#N)=C1\C=CC\C1=N/OS(=O)(=O)CC12CCC(CC1=O)C2(C)C. The highest BCUT2D eigenvalue weighted by molar-refractivity contribution is 7.86. The molecule has 0 N–H and O–H groups in total. The van der Waals surface area contributed by atoms with Crippen molar-refractivity contribution in [2.24, 2.45) is 21.9 Å². The first-order chi connectivity index (χ1) is 14.6. The first-order valence-electron chi connectivity index (χ1n) is 10.5. The number of benzene rings is 1. The van der Waals surface area contributed by atoms with Crippen molar-refractivity contribution in [1.29, 1.82) is 5.26 Å². The maximum absolute atomic E-state index is 12.8. The molecule has 2 saturated carbocycles. The summed E-state index contributed by atoms with van der Waals surface area (Å²) in [6.07, 6.45) is 5.84. The number of carbonyl (C=O) groups excluding carboxylic acids is 1. The molecule has 3 aliphatic rings. The van der Waals surface area contributed by atoms with Gasteiger partial charge in [0, 0.05) is 18.4 Å². The highest BCUT2D eigenvalue weighted by atomic mass is 32.2. The van der Waals surface area contributed by atoms with Gasteiger partial charge in [0.05, 0.1) is 16.7 Å². The fourth-order valence-electron chi connectivity index (χ4n) is 5.47. The number of carbonyl (C=O) groups is 1. The predicted molar refractivity (Wildman–Crippen MR) is 118 cm³/mol. The molecule has 4 rings (SSSR count). The van der Waals surface area contributed by atoms with Crippen molar-refractivity contribution in [2.75, 3.05) is 5.75 Å². The number of aryl methyl sites for hydroxylation is 1. The molecule has 2 fully saturated rings. The van der Waals surface area contributed by atoms with Crippen LogP contribution >= 0.6 is 0 Å². The molecule has 2 bridgehead atoms. The summed E-state index contributed by atoms with van der Waals surface area (Å²) < 4.78 is 30.8. The minimum Gasteiger partial charge on any atom is -0.299 e. The van der Waals surface area contributed by atoms with E-state index in [4.69, 9.17) is 4.28 Å².